The van der Waals surface area contributed by atoms with E-state index >= 15 is 4.39 Å². The second kappa shape index (κ2) is 16.9. The van der Waals surface area contributed by atoms with Crippen LogP contribution in [0.25, 0.3) is 22.3 Å². The van der Waals surface area contributed by atoms with Gasteiger partial charge in [0, 0.05) is 99.9 Å². The van der Waals surface area contributed by atoms with E-state index in [4.69, 9.17) is 15.5 Å². The van der Waals surface area contributed by atoms with Crippen LogP contribution >= 0.6 is 0 Å². The lowest BCUT2D eigenvalue weighted by Gasteiger charge is -2.41. The number of phenols is 1. The van der Waals surface area contributed by atoms with Crippen LogP contribution in [0.2, 0.25) is 0 Å². The zero-order valence-corrected chi connectivity index (χ0v) is 36.3. The number of urea groups is 1. The second-order valence-electron chi connectivity index (χ2n) is 17.9. The number of likely N-dealkylation sites (tertiary alicyclic amines) is 2. The first kappa shape index (κ1) is 42.2. The van der Waals surface area contributed by atoms with Crippen molar-refractivity contribution in [3.63, 3.8) is 0 Å². The van der Waals surface area contributed by atoms with Crippen molar-refractivity contribution in [2.24, 2.45) is 0 Å². The second-order valence-corrected chi connectivity index (χ2v) is 17.9. The van der Waals surface area contributed by atoms with Gasteiger partial charge in [-0.05, 0) is 93.1 Å². The van der Waals surface area contributed by atoms with E-state index in [1.54, 1.807) is 34.2 Å². The molecule has 3 aromatic heterocycles. The minimum absolute atomic E-state index is 0.00253. The van der Waals surface area contributed by atoms with Gasteiger partial charge in [-0.25, -0.2) is 14.2 Å². The fourth-order valence-corrected chi connectivity index (χ4v) is 9.85. The van der Waals surface area contributed by atoms with Crippen molar-refractivity contribution in [2.75, 3.05) is 68.0 Å². The molecule has 4 fully saturated rings. The number of phenolic OH excluding ortho intramolecular Hbond substituents is 1. The average Bonchev–Trinajstić information content (AvgIpc) is 3.60. The van der Waals surface area contributed by atoms with Crippen molar-refractivity contribution in [1.82, 2.24) is 34.9 Å². The number of halogens is 1. The van der Waals surface area contributed by atoms with E-state index in [0.717, 1.165) is 59.2 Å². The number of rotatable bonds is 8. The average molecular weight is 859 g/mol. The molecule has 63 heavy (non-hydrogen) atoms. The van der Waals surface area contributed by atoms with Gasteiger partial charge in [0.25, 0.3) is 5.91 Å². The largest absolute Gasteiger partial charge is 0.507 e. The zero-order valence-electron chi connectivity index (χ0n) is 36.3. The number of nitrogens with zero attached hydrogens (tertiary/aromatic N) is 8. The van der Waals surface area contributed by atoms with Crippen molar-refractivity contribution < 1.29 is 28.6 Å². The van der Waals surface area contributed by atoms with Crippen LogP contribution in [-0.4, -0.2) is 117 Å². The highest BCUT2D eigenvalue weighted by atomic mass is 19.1. The van der Waals surface area contributed by atoms with Crippen LogP contribution in [0.3, 0.4) is 0 Å². The molecule has 0 unspecified atom stereocenters. The summed E-state index contributed by atoms with van der Waals surface area (Å²) in [6.07, 6.45) is 6.06. The van der Waals surface area contributed by atoms with Gasteiger partial charge < -0.3 is 34.8 Å². The van der Waals surface area contributed by atoms with E-state index in [9.17, 15) is 19.5 Å². The molecule has 16 heteroatoms. The highest BCUT2D eigenvalue weighted by Crippen LogP contribution is 2.38. The summed E-state index contributed by atoms with van der Waals surface area (Å²) in [5, 5.41) is 22.3. The topological polar surface area (TPSA) is 175 Å². The maximum atomic E-state index is 16.5. The molecule has 15 nitrogen and oxygen atoms in total. The molecule has 0 aliphatic carbocycles. The lowest BCUT2D eigenvalue weighted by atomic mass is 9.90. The Bertz CT molecular complexity index is 2580. The van der Waals surface area contributed by atoms with Gasteiger partial charge in [-0.3, -0.25) is 19.8 Å². The Hall–Kier alpha value is -6.13. The number of piperidine rings is 2. The first-order valence-corrected chi connectivity index (χ1v) is 22.0. The SMILES string of the molecule is Cc1cc([C@@H]2CN(c3cc(-c4ccccc4O)nnc3N)[C@H](C)CO2)c(C)cc1C(=O)N1CCC(F)(CN2CCC(n3cc(C)c4cc(N5CCC(=O)NC5=O)cnc43)CC2)CC1. The van der Waals surface area contributed by atoms with Crippen LogP contribution in [0.4, 0.5) is 26.4 Å². The molecule has 0 spiro atoms. The van der Waals surface area contributed by atoms with E-state index in [2.05, 4.69) is 43.0 Å². The van der Waals surface area contributed by atoms with Crippen LogP contribution in [0, 0.1) is 20.8 Å². The summed E-state index contributed by atoms with van der Waals surface area (Å²) in [4.78, 5) is 50.6. The molecule has 2 atom stereocenters. The summed E-state index contributed by atoms with van der Waals surface area (Å²) in [5.74, 6) is 0.0468. The number of para-hydroxylation sites is 1. The number of amides is 4. The van der Waals surface area contributed by atoms with Crippen molar-refractivity contribution in [2.45, 2.75) is 83.7 Å². The smallest absolute Gasteiger partial charge is 0.328 e. The van der Waals surface area contributed by atoms with Gasteiger partial charge in [0.05, 0.1) is 29.9 Å². The summed E-state index contributed by atoms with van der Waals surface area (Å²) in [5.41, 5.74) is 12.8. The number of anilines is 3. The van der Waals surface area contributed by atoms with Crippen molar-refractivity contribution >= 4 is 46.1 Å². The van der Waals surface area contributed by atoms with Gasteiger partial charge in [-0.15, -0.1) is 10.2 Å². The van der Waals surface area contributed by atoms with E-state index < -0.39 is 11.7 Å². The predicted octanol–water partition coefficient (Wildman–Crippen LogP) is 6.40. The van der Waals surface area contributed by atoms with Crippen LogP contribution < -0.4 is 20.9 Å². The molecule has 5 aromatic rings. The number of aryl methyl sites for hydroxylation is 3. The molecular weight excluding hydrogens is 804 g/mol. The third-order valence-corrected chi connectivity index (χ3v) is 13.5. The Labute approximate surface area is 366 Å². The zero-order chi connectivity index (χ0) is 44.2. The van der Waals surface area contributed by atoms with Crippen LogP contribution in [0.5, 0.6) is 5.75 Å². The van der Waals surface area contributed by atoms with Gasteiger partial charge in [-0.1, -0.05) is 18.2 Å². The van der Waals surface area contributed by atoms with E-state index in [1.165, 1.54) is 0 Å². The number of nitrogens with two attached hydrogens (primary N) is 1. The number of aromatic nitrogens is 4. The van der Waals surface area contributed by atoms with Crippen LogP contribution in [0.15, 0.2) is 60.9 Å². The van der Waals surface area contributed by atoms with E-state index in [1.807, 2.05) is 51.1 Å². The minimum Gasteiger partial charge on any atom is -0.507 e. The van der Waals surface area contributed by atoms with Crippen molar-refractivity contribution in [1.29, 1.82) is 0 Å². The lowest BCUT2D eigenvalue weighted by Crippen LogP contribution is -2.51. The number of ether oxygens (including phenoxy) is 1. The summed E-state index contributed by atoms with van der Waals surface area (Å²) in [6, 6.07) is 14.6. The van der Waals surface area contributed by atoms with E-state index in [-0.39, 0.29) is 60.8 Å². The predicted molar refractivity (Wildman–Crippen MR) is 239 cm³/mol. The van der Waals surface area contributed by atoms with Gasteiger partial charge in [-0.2, -0.15) is 0 Å². The van der Waals surface area contributed by atoms with Crippen molar-refractivity contribution in [3.05, 3.63) is 88.7 Å². The quantitative estimate of drug-likeness (QED) is 0.158. The molecular formula is C47H55FN10O5. The normalized spacial score (nSPS) is 21.3. The number of pyridine rings is 1. The Morgan fingerprint density at radius 1 is 0.984 bits per heavy atom. The molecule has 4 saturated heterocycles. The molecule has 2 aromatic carbocycles. The van der Waals surface area contributed by atoms with E-state index in [0.29, 0.717) is 67.5 Å². The summed E-state index contributed by atoms with van der Waals surface area (Å²) in [6.45, 7) is 11.9. The third kappa shape index (κ3) is 8.29. The van der Waals surface area contributed by atoms with Crippen LogP contribution in [-0.2, 0) is 9.53 Å². The summed E-state index contributed by atoms with van der Waals surface area (Å²) >= 11 is 0. The fourth-order valence-electron chi connectivity index (χ4n) is 9.85. The van der Waals surface area contributed by atoms with Gasteiger partial charge in [0.15, 0.2) is 5.82 Å². The lowest BCUT2D eigenvalue weighted by molar-refractivity contribution is -0.120. The molecule has 0 saturated carbocycles. The highest BCUT2D eigenvalue weighted by Gasteiger charge is 2.39. The minimum atomic E-state index is -1.38. The number of aromatic hydroxyl groups is 1. The molecule has 0 radical (unpaired) electrons. The number of nitrogens with one attached hydrogen (secondary N) is 1. The number of carbonyl (C=O) groups is 3. The number of carbonyl (C=O) groups excluding carboxylic acids is 3. The number of morpholine rings is 1. The molecule has 0 bridgehead atoms. The van der Waals surface area contributed by atoms with Gasteiger partial charge >= 0.3 is 6.03 Å². The monoisotopic (exact) mass is 858 g/mol. The Balaban J connectivity index is 0.803. The Morgan fingerprint density at radius 2 is 1.75 bits per heavy atom. The number of benzene rings is 2. The van der Waals surface area contributed by atoms with Gasteiger partial charge in [0.1, 0.15) is 23.2 Å². The van der Waals surface area contributed by atoms with Crippen molar-refractivity contribution in [3.8, 4) is 17.0 Å². The summed E-state index contributed by atoms with van der Waals surface area (Å²) in [7, 11) is 0. The first-order chi connectivity index (χ1) is 30.2. The number of imide groups is 1. The molecule has 4 aliphatic heterocycles. The number of fused-ring (bicyclic) bond motifs is 1. The Kier molecular flexibility index (Phi) is 11.3. The maximum absolute atomic E-state index is 16.5. The standard InChI is InChI=1S/C47H55FN10O5/c1-28-20-37(29(2)19-35(28)41-25-57(31(4)26-63-41)39-22-38(52-53-43(39)49)34-7-5-6-8-40(34)59)45(61)55-17-12-47(48,13-18-55)27-54-14-9-32(10-15-54)58-24-30(3)36-21-33(23-50-44(36)58)56-16-11-42(60)51-46(56)62/h5-8,19-24,31-32,41,59H,9-18,25-27H2,1-4H3,(H2,49,53)(H,51,60,62)/t31-,41+/m1/s1. The summed E-state index contributed by atoms with van der Waals surface area (Å²) < 4.78 is 25.1. The maximum Gasteiger partial charge on any atom is 0.328 e. The number of hydrogen-bond donors (Lipinski definition) is 3. The fraction of sp³-hybridized carbons (Fsp3) is 0.447. The number of nitrogen functional groups attached to an aromatic ring is 1. The molecule has 4 aliphatic rings. The third-order valence-electron chi connectivity index (χ3n) is 13.5. The molecule has 9 rings (SSSR count). The number of hydrogen-bond acceptors (Lipinski definition) is 11. The molecule has 4 N–H and O–H groups in total. The first-order valence-electron chi connectivity index (χ1n) is 22.0. The molecule has 4 amide bonds. The Morgan fingerprint density at radius 3 is 2.49 bits per heavy atom. The van der Waals surface area contributed by atoms with Gasteiger partial charge in [0.2, 0.25) is 5.91 Å². The highest BCUT2D eigenvalue weighted by molar-refractivity contribution is 6.06. The molecule has 7 heterocycles. The molecule has 330 valence electrons. The van der Waals surface area contributed by atoms with Crippen LogP contribution in [0.1, 0.15) is 83.8 Å². The number of alkyl halides is 1.